The van der Waals surface area contributed by atoms with Crippen LogP contribution in [0.3, 0.4) is 0 Å². The highest BCUT2D eigenvalue weighted by Crippen LogP contribution is 2.35. The van der Waals surface area contributed by atoms with Crippen LogP contribution in [-0.2, 0) is 16.4 Å². The maximum Gasteiger partial charge on any atom is 0.336 e. The Morgan fingerprint density at radius 2 is 1.85 bits per heavy atom. The van der Waals surface area contributed by atoms with Gasteiger partial charge in [-0.2, -0.15) is 4.31 Å². The lowest BCUT2D eigenvalue weighted by Gasteiger charge is -2.25. The maximum atomic E-state index is 12.9. The first kappa shape index (κ1) is 22.9. The van der Waals surface area contributed by atoms with Gasteiger partial charge in [0.25, 0.3) is 0 Å². The van der Waals surface area contributed by atoms with E-state index in [1.807, 2.05) is 6.92 Å². The number of hydrogen-bond donors (Lipinski definition) is 0. The second-order valence-corrected chi connectivity index (χ2v) is 9.89. The van der Waals surface area contributed by atoms with Gasteiger partial charge in [0.15, 0.2) is 0 Å². The van der Waals surface area contributed by atoms with E-state index in [9.17, 15) is 23.3 Å². The molecule has 0 saturated carbocycles. The molecule has 1 aromatic heterocycles. The smallest absolute Gasteiger partial charge is 0.336 e. The number of sulfonamides is 1. The quantitative estimate of drug-likeness (QED) is 0.279. The average molecular weight is 473 g/mol. The Morgan fingerprint density at radius 3 is 2.55 bits per heavy atom. The number of aryl methyl sites for hydroxylation is 1. The number of benzene rings is 2. The van der Waals surface area contributed by atoms with Gasteiger partial charge >= 0.3 is 11.3 Å². The molecule has 1 aliphatic heterocycles. The predicted molar refractivity (Wildman–Crippen MR) is 122 cm³/mol. The molecule has 0 bridgehead atoms. The number of nitrogens with zero attached hydrogens (tertiary/aromatic N) is 2. The van der Waals surface area contributed by atoms with Gasteiger partial charge in [-0.15, -0.1) is 0 Å². The van der Waals surface area contributed by atoms with Crippen molar-refractivity contribution in [2.24, 2.45) is 0 Å². The monoisotopic (exact) mass is 472 g/mol. The molecule has 4 rings (SSSR count). The number of nitro groups is 1. The minimum Gasteiger partial charge on any atom is -0.450 e. The summed E-state index contributed by atoms with van der Waals surface area (Å²) < 4.78 is 38.2. The van der Waals surface area contributed by atoms with Crippen LogP contribution < -0.4 is 10.4 Å². The zero-order valence-corrected chi connectivity index (χ0v) is 19.0. The van der Waals surface area contributed by atoms with E-state index in [-0.39, 0.29) is 16.4 Å². The zero-order chi connectivity index (χ0) is 23.6. The van der Waals surface area contributed by atoms with Crippen LogP contribution in [0.4, 0.5) is 5.69 Å². The summed E-state index contributed by atoms with van der Waals surface area (Å²) in [5.74, 6) is 0.123. The van der Waals surface area contributed by atoms with E-state index in [0.29, 0.717) is 25.1 Å². The van der Waals surface area contributed by atoms with Crippen molar-refractivity contribution in [3.05, 3.63) is 68.6 Å². The molecule has 0 spiro atoms. The van der Waals surface area contributed by atoms with Crippen molar-refractivity contribution in [1.82, 2.24) is 4.31 Å². The van der Waals surface area contributed by atoms with Gasteiger partial charge in [-0.05, 0) is 49.1 Å². The molecule has 1 saturated heterocycles. The van der Waals surface area contributed by atoms with Gasteiger partial charge in [0.2, 0.25) is 15.8 Å². The second-order valence-electron chi connectivity index (χ2n) is 7.95. The Kier molecular flexibility index (Phi) is 6.48. The van der Waals surface area contributed by atoms with Crippen LogP contribution in [0.5, 0.6) is 11.5 Å². The summed E-state index contributed by atoms with van der Waals surface area (Å²) in [5.41, 5.74) is 0.222. The lowest BCUT2D eigenvalue weighted by atomic mass is 10.1. The molecule has 0 unspecified atom stereocenters. The third-order valence-corrected chi connectivity index (χ3v) is 7.52. The molecule has 10 heteroatoms. The molecular formula is C23H24N2O7S. The minimum absolute atomic E-state index is 0.107. The Balaban J connectivity index is 1.69. The number of fused-ring (bicyclic) bond motifs is 1. The topological polar surface area (TPSA) is 120 Å². The fraction of sp³-hybridized carbons (Fsp3) is 0.348. The van der Waals surface area contributed by atoms with Crippen LogP contribution in [-0.4, -0.2) is 30.7 Å². The molecule has 1 aliphatic rings. The minimum atomic E-state index is -3.83. The van der Waals surface area contributed by atoms with Gasteiger partial charge in [0.1, 0.15) is 11.3 Å². The van der Waals surface area contributed by atoms with E-state index >= 15 is 0 Å². The molecule has 0 radical (unpaired) electrons. The molecular weight excluding hydrogens is 448 g/mol. The van der Waals surface area contributed by atoms with Crippen molar-refractivity contribution in [2.75, 3.05) is 13.1 Å². The lowest BCUT2D eigenvalue weighted by Crippen LogP contribution is -2.35. The maximum absolute atomic E-state index is 12.9. The molecule has 2 heterocycles. The first-order valence-corrected chi connectivity index (χ1v) is 12.3. The van der Waals surface area contributed by atoms with E-state index in [4.69, 9.17) is 9.15 Å². The van der Waals surface area contributed by atoms with Gasteiger partial charge in [0.05, 0.1) is 9.82 Å². The van der Waals surface area contributed by atoms with E-state index in [1.54, 1.807) is 12.1 Å². The van der Waals surface area contributed by atoms with E-state index in [0.717, 1.165) is 42.7 Å². The van der Waals surface area contributed by atoms with Gasteiger partial charge in [-0.25, -0.2) is 13.2 Å². The normalized spacial score (nSPS) is 14.9. The molecule has 3 aromatic rings. The summed E-state index contributed by atoms with van der Waals surface area (Å²) in [4.78, 5) is 22.8. The summed E-state index contributed by atoms with van der Waals surface area (Å²) in [6.07, 6.45) is 4.06. The Bertz CT molecular complexity index is 1360. The van der Waals surface area contributed by atoms with Gasteiger partial charge in [0, 0.05) is 36.7 Å². The van der Waals surface area contributed by atoms with Crippen LogP contribution in [0, 0.1) is 10.1 Å². The zero-order valence-electron chi connectivity index (χ0n) is 18.2. The number of piperidine rings is 1. The summed E-state index contributed by atoms with van der Waals surface area (Å²) in [7, 11) is -3.83. The van der Waals surface area contributed by atoms with Crippen molar-refractivity contribution in [1.29, 1.82) is 0 Å². The molecule has 9 nitrogen and oxygen atoms in total. The highest BCUT2D eigenvalue weighted by Gasteiger charge is 2.29. The Morgan fingerprint density at radius 1 is 1.09 bits per heavy atom. The van der Waals surface area contributed by atoms with Gasteiger partial charge in [-0.1, -0.05) is 19.8 Å². The van der Waals surface area contributed by atoms with Crippen LogP contribution in [0.25, 0.3) is 11.0 Å². The summed E-state index contributed by atoms with van der Waals surface area (Å²) in [6.45, 7) is 2.81. The van der Waals surface area contributed by atoms with Crippen LogP contribution >= 0.6 is 0 Å². The highest BCUT2D eigenvalue weighted by atomic mass is 32.2. The fourth-order valence-corrected chi connectivity index (χ4v) is 5.56. The molecule has 0 amide bonds. The molecule has 0 aliphatic carbocycles. The standard InChI is InChI=1S/C23H24N2O7S/c1-2-6-16-13-23(26)32-22-14-17(7-9-19(16)22)31-21-10-8-18(15-20(21)25(27)28)33(29,30)24-11-4-3-5-12-24/h7-10,13-15H,2-6,11-12H2,1H3. The molecule has 0 N–H and O–H groups in total. The third kappa shape index (κ3) is 4.76. The summed E-state index contributed by atoms with van der Waals surface area (Å²) in [5, 5.41) is 12.5. The SMILES string of the molecule is CCCc1cc(=O)oc2cc(Oc3ccc(S(=O)(=O)N4CCCCC4)cc3[N+](=O)[O-])ccc12. The predicted octanol–water partition coefficient (Wildman–Crippen LogP) is 4.62. The molecule has 174 valence electrons. The molecule has 0 atom stereocenters. The van der Waals surface area contributed by atoms with Crippen molar-refractivity contribution in [3.63, 3.8) is 0 Å². The largest absolute Gasteiger partial charge is 0.450 e. The van der Waals surface area contributed by atoms with Gasteiger partial charge < -0.3 is 9.15 Å². The number of ether oxygens (including phenoxy) is 1. The van der Waals surface area contributed by atoms with Crippen LogP contribution in [0.1, 0.15) is 38.2 Å². The van der Waals surface area contributed by atoms with Crippen LogP contribution in [0.2, 0.25) is 0 Å². The van der Waals surface area contributed by atoms with E-state index < -0.39 is 26.3 Å². The first-order chi connectivity index (χ1) is 15.8. The van der Waals surface area contributed by atoms with Crippen molar-refractivity contribution < 1.29 is 22.5 Å². The van der Waals surface area contributed by atoms with Gasteiger partial charge in [-0.3, -0.25) is 10.1 Å². The Hall–Kier alpha value is -3.24. The molecule has 1 fully saturated rings. The number of rotatable bonds is 7. The van der Waals surface area contributed by atoms with Crippen LogP contribution in [0.15, 0.2) is 56.6 Å². The number of hydrogen-bond acceptors (Lipinski definition) is 7. The molecule has 2 aromatic carbocycles. The number of nitro benzene ring substituents is 1. The first-order valence-electron chi connectivity index (χ1n) is 10.8. The van der Waals surface area contributed by atoms with Crippen molar-refractivity contribution in [3.8, 4) is 11.5 Å². The van der Waals surface area contributed by atoms with E-state index in [1.165, 1.54) is 28.6 Å². The van der Waals surface area contributed by atoms with E-state index in [2.05, 4.69) is 0 Å². The summed E-state index contributed by atoms with van der Waals surface area (Å²) >= 11 is 0. The average Bonchev–Trinajstić information content (AvgIpc) is 2.79. The Labute approximate surface area is 190 Å². The van der Waals surface area contributed by atoms with Crippen molar-refractivity contribution >= 4 is 26.7 Å². The molecule has 33 heavy (non-hydrogen) atoms. The third-order valence-electron chi connectivity index (χ3n) is 5.63. The highest BCUT2D eigenvalue weighted by molar-refractivity contribution is 7.89. The summed E-state index contributed by atoms with van der Waals surface area (Å²) in [6, 6.07) is 9.94. The second kappa shape index (κ2) is 9.32. The van der Waals surface area contributed by atoms with Crippen molar-refractivity contribution in [2.45, 2.75) is 43.9 Å². The fourth-order valence-electron chi connectivity index (χ4n) is 4.02. The lowest BCUT2D eigenvalue weighted by molar-refractivity contribution is -0.385.